The molecule has 48 valence electrons. The van der Waals surface area contributed by atoms with Crippen LogP contribution in [0, 0.1) is 5.92 Å². The van der Waals surface area contributed by atoms with Gasteiger partial charge in [-0.15, -0.1) is 11.6 Å². The average molecular weight is 153 g/mol. The van der Waals surface area contributed by atoms with Crippen LogP contribution in [0.4, 0.5) is 0 Å². The predicted molar refractivity (Wildman–Crippen MR) is 39.7 cm³/mol. The summed E-state index contributed by atoms with van der Waals surface area (Å²) < 4.78 is 0. The van der Waals surface area contributed by atoms with Crippen molar-refractivity contribution in [3.63, 3.8) is 0 Å². The van der Waals surface area contributed by atoms with Gasteiger partial charge >= 0.3 is 0 Å². The number of aliphatic hydroxyl groups is 1. The molecule has 0 rings (SSSR count). The lowest BCUT2D eigenvalue weighted by atomic mass is 10.1. The second kappa shape index (κ2) is 4.10. The number of hydrogen-bond acceptors (Lipinski definition) is 1. The van der Waals surface area contributed by atoms with E-state index in [9.17, 15) is 0 Å². The van der Waals surface area contributed by atoms with Crippen molar-refractivity contribution in [2.24, 2.45) is 5.92 Å². The minimum Gasteiger partial charge on any atom is -0.502 e. The Bertz CT molecular complexity index is 84.5. The SMILES string of the molecule is CC(CCCl)C(O)=S. The van der Waals surface area contributed by atoms with Gasteiger partial charge in [0.15, 0.2) is 5.05 Å². The molecule has 0 aromatic carbocycles. The third-order valence-corrected chi connectivity index (χ3v) is 1.58. The van der Waals surface area contributed by atoms with E-state index in [0.717, 1.165) is 6.42 Å². The smallest absolute Gasteiger partial charge is 0.159 e. The number of hydrogen-bond donors (Lipinski definition) is 1. The van der Waals surface area contributed by atoms with Gasteiger partial charge in [0.05, 0.1) is 0 Å². The molecular weight excluding hydrogens is 144 g/mol. The third kappa shape index (κ3) is 3.22. The summed E-state index contributed by atoms with van der Waals surface area (Å²) in [6.07, 6.45) is 0.761. The molecule has 0 saturated heterocycles. The van der Waals surface area contributed by atoms with E-state index >= 15 is 0 Å². The van der Waals surface area contributed by atoms with Crippen LogP contribution >= 0.6 is 23.8 Å². The van der Waals surface area contributed by atoms with E-state index in [4.69, 9.17) is 16.7 Å². The molecule has 0 heterocycles. The summed E-state index contributed by atoms with van der Waals surface area (Å²) in [6, 6.07) is 0. The lowest BCUT2D eigenvalue weighted by Gasteiger charge is -2.02. The molecule has 1 unspecified atom stereocenters. The van der Waals surface area contributed by atoms with Crippen molar-refractivity contribution in [1.29, 1.82) is 0 Å². The number of halogens is 1. The Hall–Kier alpha value is 0.180. The summed E-state index contributed by atoms with van der Waals surface area (Å²) in [5.41, 5.74) is 0. The molecular formula is C5H9ClOS. The van der Waals surface area contributed by atoms with Gasteiger partial charge in [-0.2, -0.15) is 0 Å². The molecule has 1 atom stereocenters. The van der Waals surface area contributed by atoms with E-state index in [1.54, 1.807) is 0 Å². The molecule has 1 N–H and O–H groups in total. The second-order valence-electron chi connectivity index (χ2n) is 1.72. The molecule has 0 aliphatic carbocycles. The van der Waals surface area contributed by atoms with E-state index in [0.29, 0.717) is 5.88 Å². The molecule has 0 spiro atoms. The molecule has 1 nitrogen and oxygen atoms in total. The van der Waals surface area contributed by atoms with Gasteiger partial charge in [0.1, 0.15) is 0 Å². The minimum atomic E-state index is 0.0608. The van der Waals surface area contributed by atoms with E-state index in [-0.39, 0.29) is 11.0 Å². The zero-order valence-corrected chi connectivity index (χ0v) is 6.30. The molecule has 0 aliphatic heterocycles. The van der Waals surface area contributed by atoms with Crippen molar-refractivity contribution in [3.8, 4) is 0 Å². The first-order valence-electron chi connectivity index (χ1n) is 2.47. The van der Waals surface area contributed by atoms with Crippen LogP contribution in [0.25, 0.3) is 0 Å². The highest BCUT2D eigenvalue weighted by Gasteiger charge is 2.03. The lowest BCUT2D eigenvalue weighted by Crippen LogP contribution is -2.06. The molecule has 0 amide bonds. The first-order valence-corrected chi connectivity index (χ1v) is 3.41. The van der Waals surface area contributed by atoms with Gasteiger partial charge in [0.25, 0.3) is 0 Å². The van der Waals surface area contributed by atoms with Gasteiger partial charge in [0.2, 0.25) is 0 Å². The normalized spacial score (nSPS) is 13.2. The van der Waals surface area contributed by atoms with Gasteiger partial charge in [-0.3, -0.25) is 0 Å². The molecule has 0 saturated carbocycles. The van der Waals surface area contributed by atoms with Crippen molar-refractivity contribution in [2.75, 3.05) is 5.88 Å². The van der Waals surface area contributed by atoms with Gasteiger partial charge in [-0.25, -0.2) is 0 Å². The second-order valence-corrected chi connectivity index (χ2v) is 2.51. The fourth-order valence-corrected chi connectivity index (χ4v) is 0.732. The summed E-state index contributed by atoms with van der Waals surface area (Å²) in [4.78, 5) is 0. The number of rotatable bonds is 3. The minimum absolute atomic E-state index is 0.0608. The summed E-state index contributed by atoms with van der Waals surface area (Å²) in [6.45, 7) is 1.85. The van der Waals surface area contributed by atoms with Crippen LogP contribution in [0.1, 0.15) is 13.3 Å². The van der Waals surface area contributed by atoms with Crippen LogP contribution < -0.4 is 0 Å². The van der Waals surface area contributed by atoms with Crippen LogP contribution in [-0.4, -0.2) is 16.0 Å². The van der Waals surface area contributed by atoms with Crippen molar-refractivity contribution < 1.29 is 5.11 Å². The first kappa shape index (κ1) is 8.18. The Labute approximate surface area is 59.7 Å². The Morgan fingerprint density at radius 2 is 2.38 bits per heavy atom. The van der Waals surface area contributed by atoms with Crippen LogP contribution in [0.5, 0.6) is 0 Å². The van der Waals surface area contributed by atoms with Crippen LogP contribution in [-0.2, 0) is 0 Å². The van der Waals surface area contributed by atoms with Crippen molar-refractivity contribution in [2.45, 2.75) is 13.3 Å². The molecule has 8 heavy (non-hydrogen) atoms. The maximum absolute atomic E-state index is 8.62. The molecule has 0 aliphatic rings. The van der Waals surface area contributed by atoms with E-state index in [1.807, 2.05) is 6.92 Å². The number of aliphatic hydroxyl groups excluding tert-OH is 1. The number of alkyl halides is 1. The average Bonchev–Trinajstić information content (AvgIpc) is 1.67. The predicted octanol–water partition coefficient (Wildman–Crippen LogP) is 2.14. The van der Waals surface area contributed by atoms with Crippen LogP contribution in [0.15, 0.2) is 0 Å². The van der Waals surface area contributed by atoms with Crippen LogP contribution in [0.3, 0.4) is 0 Å². The van der Waals surface area contributed by atoms with Gasteiger partial charge in [-0.05, 0) is 18.6 Å². The van der Waals surface area contributed by atoms with E-state index in [2.05, 4.69) is 12.2 Å². The van der Waals surface area contributed by atoms with Gasteiger partial charge in [0, 0.05) is 11.8 Å². The maximum Gasteiger partial charge on any atom is 0.159 e. The van der Waals surface area contributed by atoms with Crippen molar-refractivity contribution in [1.82, 2.24) is 0 Å². The standard InChI is InChI=1S/C5H9ClOS/c1-4(2-3-6)5(7)8/h4H,2-3H2,1H3,(H,7,8). The van der Waals surface area contributed by atoms with Crippen molar-refractivity contribution in [3.05, 3.63) is 0 Å². The van der Waals surface area contributed by atoms with E-state index in [1.165, 1.54) is 0 Å². The molecule has 0 aromatic heterocycles. The Morgan fingerprint density at radius 3 is 2.50 bits per heavy atom. The molecule has 0 aromatic rings. The Morgan fingerprint density at radius 1 is 1.88 bits per heavy atom. The monoisotopic (exact) mass is 152 g/mol. The zero-order chi connectivity index (χ0) is 6.57. The third-order valence-electron chi connectivity index (χ3n) is 0.964. The Balaban J connectivity index is 3.32. The molecule has 3 heteroatoms. The van der Waals surface area contributed by atoms with Gasteiger partial charge in [-0.1, -0.05) is 6.92 Å². The summed E-state index contributed by atoms with van der Waals surface area (Å²) in [5.74, 6) is 0.629. The highest BCUT2D eigenvalue weighted by atomic mass is 35.5. The maximum atomic E-state index is 8.62. The zero-order valence-electron chi connectivity index (χ0n) is 4.72. The Kier molecular flexibility index (Phi) is 4.19. The summed E-state index contributed by atoms with van der Waals surface area (Å²) in [5, 5.41) is 8.69. The summed E-state index contributed by atoms with van der Waals surface area (Å²) >= 11 is 9.85. The fraction of sp³-hybridized carbons (Fsp3) is 0.800. The molecule has 0 radical (unpaired) electrons. The lowest BCUT2D eigenvalue weighted by molar-refractivity contribution is 0.505. The largest absolute Gasteiger partial charge is 0.502 e. The quantitative estimate of drug-likeness (QED) is 0.494. The summed E-state index contributed by atoms with van der Waals surface area (Å²) in [7, 11) is 0. The molecule has 0 bridgehead atoms. The first-order chi connectivity index (χ1) is 3.68. The van der Waals surface area contributed by atoms with Crippen molar-refractivity contribution >= 4 is 28.9 Å². The highest BCUT2D eigenvalue weighted by Crippen LogP contribution is 2.03. The topological polar surface area (TPSA) is 20.2 Å². The van der Waals surface area contributed by atoms with Gasteiger partial charge < -0.3 is 5.11 Å². The molecule has 0 fully saturated rings. The fourth-order valence-electron chi connectivity index (χ4n) is 0.287. The van der Waals surface area contributed by atoms with Crippen LogP contribution in [0.2, 0.25) is 0 Å². The van der Waals surface area contributed by atoms with E-state index < -0.39 is 0 Å². The number of thiocarbonyl (C=S) groups is 1. The highest BCUT2D eigenvalue weighted by molar-refractivity contribution is 7.80.